The number of aromatic nitrogens is 2. The number of hydrogen-bond donors (Lipinski definition) is 1. The van der Waals surface area contributed by atoms with Gasteiger partial charge in [0.2, 0.25) is 5.91 Å². The number of aryl methyl sites for hydroxylation is 1. The monoisotopic (exact) mass is 420 g/mol. The minimum atomic E-state index is -0.0659. The number of likely N-dealkylation sites (tertiary alicyclic amines) is 1. The van der Waals surface area contributed by atoms with E-state index in [1.165, 1.54) is 5.56 Å². The molecule has 2 aromatic carbocycles. The molecule has 1 aliphatic heterocycles. The minimum Gasteiger partial charge on any atom is -0.494 e. The van der Waals surface area contributed by atoms with Gasteiger partial charge in [-0.1, -0.05) is 22.9 Å². The van der Waals surface area contributed by atoms with Gasteiger partial charge in [-0.25, -0.2) is 0 Å². The first kappa shape index (κ1) is 21.1. The quantitative estimate of drug-likeness (QED) is 0.614. The number of rotatable bonds is 7. The molecule has 2 heterocycles. The zero-order valence-electron chi connectivity index (χ0n) is 18.0. The molecule has 0 bridgehead atoms. The summed E-state index contributed by atoms with van der Waals surface area (Å²) in [6.07, 6.45) is 1.84. The van der Waals surface area contributed by atoms with E-state index in [9.17, 15) is 4.79 Å². The Labute approximate surface area is 182 Å². The van der Waals surface area contributed by atoms with Gasteiger partial charge >= 0.3 is 0 Å². The standard InChI is InChI=1S/C24H28N4O3/c1-3-30-21-12-10-20(11-13-21)25-23(29)19-5-4-14-28(15-19)16-22-26-24(31-27-22)18-8-6-17(2)7-9-18/h6-13,19H,3-5,14-16H2,1-2H3,(H,25,29)/t19-/m0/s1. The number of carbonyl (C=O) groups excluding carboxylic acids is 1. The van der Waals surface area contributed by atoms with Gasteiger partial charge in [0.15, 0.2) is 5.82 Å². The fraction of sp³-hybridized carbons (Fsp3) is 0.375. The molecule has 162 valence electrons. The number of anilines is 1. The highest BCUT2D eigenvalue weighted by Gasteiger charge is 2.27. The van der Waals surface area contributed by atoms with E-state index in [2.05, 4.69) is 20.4 Å². The van der Waals surface area contributed by atoms with E-state index in [4.69, 9.17) is 9.26 Å². The molecule has 1 aromatic heterocycles. The molecule has 1 saturated heterocycles. The third kappa shape index (κ3) is 5.49. The second-order valence-electron chi connectivity index (χ2n) is 7.90. The SMILES string of the molecule is CCOc1ccc(NC(=O)[C@H]2CCCN(Cc3noc(-c4ccc(C)cc4)n3)C2)cc1. The van der Waals surface area contributed by atoms with E-state index in [0.717, 1.165) is 36.4 Å². The predicted molar refractivity (Wildman–Crippen MR) is 119 cm³/mol. The summed E-state index contributed by atoms with van der Waals surface area (Å²) in [4.78, 5) is 19.5. The Morgan fingerprint density at radius 3 is 2.71 bits per heavy atom. The zero-order valence-corrected chi connectivity index (χ0v) is 18.0. The van der Waals surface area contributed by atoms with E-state index in [0.29, 0.717) is 31.4 Å². The average molecular weight is 421 g/mol. The van der Waals surface area contributed by atoms with Crippen molar-refractivity contribution < 1.29 is 14.1 Å². The van der Waals surface area contributed by atoms with Gasteiger partial charge in [-0.3, -0.25) is 9.69 Å². The number of carbonyl (C=O) groups is 1. The van der Waals surface area contributed by atoms with Crippen LogP contribution in [0.3, 0.4) is 0 Å². The lowest BCUT2D eigenvalue weighted by atomic mass is 9.97. The van der Waals surface area contributed by atoms with Crippen LogP contribution in [0.2, 0.25) is 0 Å². The van der Waals surface area contributed by atoms with E-state index in [-0.39, 0.29) is 11.8 Å². The smallest absolute Gasteiger partial charge is 0.257 e. The van der Waals surface area contributed by atoms with Gasteiger partial charge in [-0.2, -0.15) is 4.98 Å². The molecule has 0 saturated carbocycles. The van der Waals surface area contributed by atoms with E-state index < -0.39 is 0 Å². The second kappa shape index (κ2) is 9.75. The van der Waals surface area contributed by atoms with Gasteiger partial charge in [0.25, 0.3) is 5.89 Å². The number of nitrogens with zero attached hydrogens (tertiary/aromatic N) is 3. The maximum absolute atomic E-state index is 12.8. The van der Waals surface area contributed by atoms with Gasteiger partial charge in [0.1, 0.15) is 5.75 Å². The fourth-order valence-corrected chi connectivity index (χ4v) is 3.79. The summed E-state index contributed by atoms with van der Waals surface area (Å²) in [5, 5.41) is 7.15. The first-order valence-electron chi connectivity index (χ1n) is 10.8. The largest absolute Gasteiger partial charge is 0.494 e. The van der Waals surface area contributed by atoms with E-state index in [1.807, 2.05) is 62.4 Å². The van der Waals surface area contributed by atoms with Crippen molar-refractivity contribution in [2.45, 2.75) is 33.2 Å². The highest BCUT2D eigenvalue weighted by Crippen LogP contribution is 2.23. The number of benzene rings is 2. The summed E-state index contributed by atoms with van der Waals surface area (Å²) in [5.41, 5.74) is 2.88. The van der Waals surface area contributed by atoms with Crippen molar-refractivity contribution in [3.8, 4) is 17.2 Å². The Kier molecular flexibility index (Phi) is 6.62. The molecule has 0 aliphatic carbocycles. The summed E-state index contributed by atoms with van der Waals surface area (Å²) in [6.45, 7) is 6.78. The molecule has 0 spiro atoms. The zero-order chi connectivity index (χ0) is 21.6. The second-order valence-corrected chi connectivity index (χ2v) is 7.90. The maximum atomic E-state index is 12.8. The number of nitrogens with one attached hydrogen (secondary N) is 1. The number of amides is 1. The first-order valence-corrected chi connectivity index (χ1v) is 10.8. The van der Waals surface area contributed by atoms with Crippen LogP contribution < -0.4 is 10.1 Å². The van der Waals surface area contributed by atoms with Crippen molar-refractivity contribution in [1.82, 2.24) is 15.0 Å². The van der Waals surface area contributed by atoms with Crippen LogP contribution >= 0.6 is 0 Å². The molecule has 0 unspecified atom stereocenters. The first-order chi connectivity index (χ1) is 15.1. The molecule has 1 amide bonds. The molecular formula is C24H28N4O3. The number of ether oxygens (including phenoxy) is 1. The summed E-state index contributed by atoms with van der Waals surface area (Å²) in [7, 11) is 0. The van der Waals surface area contributed by atoms with Crippen LogP contribution in [0, 0.1) is 12.8 Å². The molecule has 3 aromatic rings. The van der Waals surface area contributed by atoms with Crippen LogP contribution in [-0.2, 0) is 11.3 Å². The van der Waals surface area contributed by atoms with Crippen molar-refractivity contribution in [1.29, 1.82) is 0 Å². The molecule has 4 rings (SSSR count). The van der Waals surface area contributed by atoms with E-state index >= 15 is 0 Å². The molecule has 31 heavy (non-hydrogen) atoms. The van der Waals surface area contributed by atoms with Crippen LogP contribution in [0.1, 0.15) is 31.2 Å². The Balaban J connectivity index is 1.33. The Morgan fingerprint density at radius 1 is 1.19 bits per heavy atom. The normalized spacial score (nSPS) is 16.8. The van der Waals surface area contributed by atoms with Gasteiger partial charge in [-0.15, -0.1) is 0 Å². The molecule has 7 nitrogen and oxygen atoms in total. The van der Waals surface area contributed by atoms with Crippen molar-refractivity contribution in [3.05, 3.63) is 59.9 Å². The van der Waals surface area contributed by atoms with Gasteiger partial charge in [0.05, 0.1) is 19.1 Å². The topological polar surface area (TPSA) is 80.5 Å². The third-order valence-corrected chi connectivity index (χ3v) is 5.44. The lowest BCUT2D eigenvalue weighted by Gasteiger charge is -2.31. The van der Waals surface area contributed by atoms with Gasteiger partial charge in [-0.05, 0) is 69.6 Å². The minimum absolute atomic E-state index is 0.0438. The lowest BCUT2D eigenvalue weighted by molar-refractivity contribution is -0.121. The maximum Gasteiger partial charge on any atom is 0.257 e. The van der Waals surface area contributed by atoms with Crippen LogP contribution in [0.15, 0.2) is 53.1 Å². The summed E-state index contributed by atoms with van der Waals surface area (Å²) < 4.78 is 10.9. The average Bonchev–Trinajstić information content (AvgIpc) is 3.24. The highest BCUT2D eigenvalue weighted by molar-refractivity contribution is 5.92. The summed E-state index contributed by atoms with van der Waals surface area (Å²) >= 11 is 0. The molecule has 1 fully saturated rings. The predicted octanol–water partition coefficient (Wildman–Crippen LogP) is 4.29. The molecular weight excluding hydrogens is 392 g/mol. The number of hydrogen-bond acceptors (Lipinski definition) is 6. The molecule has 1 aliphatic rings. The van der Waals surface area contributed by atoms with Gasteiger partial charge in [0, 0.05) is 17.8 Å². The molecule has 0 radical (unpaired) electrons. The van der Waals surface area contributed by atoms with Crippen molar-refractivity contribution in [2.24, 2.45) is 5.92 Å². The number of piperidine rings is 1. The van der Waals surface area contributed by atoms with Gasteiger partial charge < -0.3 is 14.6 Å². The third-order valence-electron chi connectivity index (χ3n) is 5.44. The highest BCUT2D eigenvalue weighted by atomic mass is 16.5. The van der Waals surface area contributed by atoms with Crippen LogP contribution in [0.5, 0.6) is 5.75 Å². The van der Waals surface area contributed by atoms with Crippen LogP contribution in [-0.4, -0.2) is 40.6 Å². The van der Waals surface area contributed by atoms with Crippen molar-refractivity contribution >= 4 is 11.6 Å². The Morgan fingerprint density at radius 2 is 1.97 bits per heavy atom. The lowest BCUT2D eigenvalue weighted by Crippen LogP contribution is -2.40. The van der Waals surface area contributed by atoms with E-state index in [1.54, 1.807) is 0 Å². The van der Waals surface area contributed by atoms with Crippen LogP contribution in [0.25, 0.3) is 11.5 Å². The Bertz CT molecular complexity index is 998. The fourth-order valence-electron chi connectivity index (χ4n) is 3.79. The summed E-state index contributed by atoms with van der Waals surface area (Å²) in [6, 6.07) is 15.5. The van der Waals surface area contributed by atoms with Crippen molar-refractivity contribution in [2.75, 3.05) is 25.0 Å². The molecule has 1 atom stereocenters. The summed E-state index contributed by atoms with van der Waals surface area (Å²) in [5.74, 6) is 1.94. The van der Waals surface area contributed by atoms with Crippen LogP contribution in [0.4, 0.5) is 5.69 Å². The van der Waals surface area contributed by atoms with Crippen molar-refractivity contribution in [3.63, 3.8) is 0 Å². The molecule has 1 N–H and O–H groups in total. The Hall–Kier alpha value is -3.19. The molecule has 7 heteroatoms.